The number of hydrogen-bond donors (Lipinski definition) is 0. The van der Waals surface area contributed by atoms with Crippen LogP contribution in [0.25, 0.3) is 0 Å². The highest BCUT2D eigenvalue weighted by molar-refractivity contribution is 7.81. The molecular formula is C8H18O6S. The van der Waals surface area contributed by atoms with Crippen LogP contribution in [0.2, 0.25) is 0 Å². The monoisotopic (exact) mass is 242 g/mol. The fraction of sp³-hybridized carbons (Fsp3) is 1.00. The first-order valence-electron chi connectivity index (χ1n) is 4.61. The van der Waals surface area contributed by atoms with Gasteiger partial charge in [0.05, 0.1) is 18.8 Å². The van der Waals surface area contributed by atoms with Gasteiger partial charge in [0.2, 0.25) is 0 Å². The number of rotatable bonds is 7. The van der Waals surface area contributed by atoms with Crippen molar-refractivity contribution in [3.8, 4) is 0 Å². The van der Waals surface area contributed by atoms with E-state index in [4.69, 9.17) is 4.74 Å². The first kappa shape index (κ1) is 14.8. The fourth-order valence-corrected chi connectivity index (χ4v) is 1.10. The van der Waals surface area contributed by atoms with E-state index in [0.717, 1.165) is 0 Å². The van der Waals surface area contributed by atoms with E-state index in [9.17, 15) is 8.42 Å². The molecule has 0 aromatic carbocycles. The highest BCUT2D eigenvalue weighted by Crippen LogP contribution is 2.10. The maximum atomic E-state index is 11.0. The van der Waals surface area contributed by atoms with Crippen molar-refractivity contribution in [1.29, 1.82) is 0 Å². The molecule has 0 aliphatic rings. The molecule has 0 N–H and O–H groups in total. The van der Waals surface area contributed by atoms with Crippen LogP contribution < -0.4 is 0 Å². The summed E-state index contributed by atoms with van der Waals surface area (Å²) in [5, 5.41) is 0. The summed E-state index contributed by atoms with van der Waals surface area (Å²) in [6, 6.07) is 0. The van der Waals surface area contributed by atoms with Gasteiger partial charge in [0.15, 0.2) is 0 Å². The van der Waals surface area contributed by atoms with Crippen molar-refractivity contribution < 1.29 is 26.6 Å². The van der Waals surface area contributed by atoms with Gasteiger partial charge in [-0.15, -0.1) is 0 Å². The molecule has 0 atom stereocenters. The van der Waals surface area contributed by atoms with Crippen LogP contribution in [0.3, 0.4) is 0 Å². The van der Waals surface area contributed by atoms with Crippen LogP contribution in [-0.4, -0.2) is 33.8 Å². The largest absolute Gasteiger partial charge is 0.426 e. The molecule has 0 bridgehead atoms. The molecule has 0 amide bonds. The molecule has 0 aliphatic heterocycles. The quantitative estimate of drug-likeness (QED) is 0.377. The lowest BCUT2D eigenvalue weighted by molar-refractivity contribution is -0.276. The van der Waals surface area contributed by atoms with E-state index in [0.29, 0.717) is 6.61 Å². The molecule has 0 rings (SSSR count). The molecule has 92 valence electrons. The highest BCUT2D eigenvalue weighted by Gasteiger charge is 2.19. The summed E-state index contributed by atoms with van der Waals surface area (Å²) >= 11 is 0. The molecule has 0 saturated heterocycles. The second kappa shape index (κ2) is 6.39. The van der Waals surface area contributed by atoms with E-state index < -0.39 is 16.0 Å². The molecule has 0 unspecified atom stereocenters. The van der Waals surface area contributed by atoms with Crippen LogP contribution in [0.15, 0.2) is 0 Å². The Morgan fingerprint density at radius 3 is 2.20 bits per heavy atom. The molecule has 0 aliphatic carbocycles. The lowest BCUT2D eigenvalue weighted by Gasteiger charge is -2.16. The molecule has 0 fully saturated rings. The molecule has 6 nitrogen and oxygen atoms in total. The Bertz CT molecular complexity index is 253. The third-order valence-corrected chi connectivity index (χ3v) is 1.72. The summed E-state index contributed by atoms with van der Waals surface area (Å²) in [5.74, 6) is 0. The van der Waals surface area contributed by atoms with Gasteiger partial charge in [-0.1, -0.05) is 4.33 Å². The second-order valence-electron chi connectivity index (χ2n) is 3.69. The van der Waals surface area contributed by atoms with Crippen LogP contribution in [0.1, 0.15) is 27.7 Å². The predicted molar refractivity (Wildman–Crippen MR) is 53.3 cm³/mol. The number of ether oxygens (including phenoxy) is 1. The summed E-state index contributed by atoms with van der Waals surface area (Å²) in [4.78, 5) is 4.60. The maximum absolute atomic E-state index is 11.0. The van der Waals surface area contributed by atoms with Gasteiger partial charge in [-0.25, -0.2) is 9.07 Å². The second-order valence-corrected chi connectivity index (χ2v) is 4.88. The smallest absolute Gasteiger partial charge is 0.379 e. The van der Waals surface area contributed by atoms with E-state index in [1.54, 1.807) is 27.7 Å². The van der Waals surface area contributed by atoms with Gasteiger partial charge >= 0.3 is 10.4 Å². The third kappa shape index (κ3) is 10.1. The van der Waals surface area contributed by atoms with Crippen LogP contribution in [0, 0.1) is 0 Å². The van der Waals surface area contributed by atoms with Crippen molar-refractivity contribution in [3.63, 3.8) is 0 Å². The van der Waals surface area contributed by atoms with Gasteiger partial charge < -0.3 is 4.74 Å². The van der Waals surface area contributed by atoms with Gasteiger partial charge in [0.25, 0.3) is 0 Å². The predicted octanol–water partition coefficient (Wildman–Crippen LogP) is 1.03. The topological polar surface area (TPSA) is 71.1 Å². The molecule has 0 radical (unpaired) electrons. The summed E-state index contributed by atoms with van der Waals surface area (Å²) < 4.78 is 35.5. The van der Waals surface area contributed by atoms with Gasteiger partial charge in [-0.2, -0.15) is 8.42 Å². The molecule has 7 heteroatoms. The Balaban J connectivity index is 3.78. The van der Waals surface area contributed by atoms with E-state index in [-0.39, 0.29) is 13.2 Å². The molecule has 0 aromatic heterocycles. The average molecular weight is 242 g/mol. The van der Waals surface area contributed by atoms with E-state index >= 15 is 0 Å². The van der Waals surface area contributed by atoms with Gasteiger partial charge in [-0.3, -0.25) is 0 Å². The van der Waals surface area contributed by atoms with Crippen molar-refractivity contribution in [2.45, 2.75) is 33.3 Å². The lowest BCUT2D eigenvalue weighted by Crippen LogP contribution is -2.23. The Kier molecular flexibility index (Phi) is 6.30. The Morgan fingerprint density at radius 1 is 1.13 bits per heavy atom. The zero-order chi connectivity index (χ0) is 11.9. The Morgan fingerprint density at radius 2 is 1.73 bits per heavy atom. The van der Waals surface area contributed by atoms with E-state index in [2.05, 4.69) is 13.4 Å². The SMILES string of the molecule is CCOCCOS(=O)(=O)OOC(C)(C)C. The van der Waals surface area contributed by atoms with Crippen LogP contribution in [0.4, 0.5) is 0 Å². The molecular weight excluding hydrogens is 224 g/mol. The molecule has 0 saturated carbocycles. The first-order valence-corrected chi connectivity index (χ1v) is 5.94. The standard InChI is InChI=1S/C8H18O6S/c1-5-11-6-7-12-15(9,10)14-13-8(2,3)4/h5-7H2,1-4H3. The van der Waals surface area contributed by atoms with E-state index in [1.807, 2.05) is 0 Å². The van der Waals surface area contributed by atoms with Crippen molar-refractivity contribution >= 4 is 10.4 Å². The van der Waals surface area contributed by atoms with Gasteiger partial charge in [0.1, 0.15) is 0 Å². The van der Waals surface area contributed by atoms with Crippen LogP contribution in [0.5, 0.6) is 0 Å². The maximum Gasteiger partial charge on any atom is 0.426 e. The third-order valence-electron chi connectivity index (χ3n) is 1.03. The van der Waals surface area contributed by atoms with Crippen molar-refractivity contribution in [3.05, 3.63) is 0 Å². The van der Waals surface area contributed by atoms with Crippen molar-refractivity contribution in [2.75, 3.05) is 19.8 Å². The minimum absolute atomic E-state index is 0.0936. The van der Waals surface area contributed by atoms with E-state index in [1.165, 1.54) is 0 Å². The first-order chi connectivity index (χ1) is 6.77. The lowest BCUT2D eigenvalue weighted by atomic mass is 10.2. The molecule has 15 heavy (non-hydrogen) atoms. The normalized spacial score (nSPS) is 13.1. The Hall–Kier alpha value is -0.210. The summed E-state index contributed by atoms with van der Waals surface area (Å²) in [6.45, 7) is 7.36. The van der Waals surface area contributed by atoms with Crippen LogP contribution >= 0.6 is 0 Å². The minimum atomic E-state index is -4.10. The zero-order valence-electron chi connectivity index (χ0n) is 9.48. The summed E-state index contributed by atoms with van der Waals surface area (Å²) in [6.07, 6.45) is 0. The molecule has 0 heterocycles. The Labute approximate surface area is 90.7 Å². The summed E-state index contributed by atoms with van der Waals surface area (Å²) in [5.41, 5.74) is -0.712. The number of hydrogen-bond acceptors (Lipinski definition) is 6. The zero-order valence-corrected chi connectivity index (χ0v) is 10.3. The summed E-state index contributed by atoms with van der Waals surface area (Å²) in [7, 11) is -4.10. The molecule has 0 aromatic rings. The average Bonchev–Trinajstić information content (AvgIpc) is 2.09. The fourth-order valence-electron chi connectivity index (χ4n) is 0.503. The molecule has 0 spiro atoms. The highest BCUT2D eigenvalue weighted by atomic mass is 32.3. The van der Waals surface area contributed by atoms with Gasteiger partial charge in [-0.05, 0) is 27.7 Å². The van der Waals surface area contributed by atoms with Crippen LogP contribution in [-0.2, 0) is 28.5 Å². The van der Waals surface area contributed by atoms with Crippen molar-refractivity contribution in [2.24, 2.45) is 0 Å². The van der Waals surface area contributed by atoms with Crippen molar-refractivity contribution in [1.82, 2.24) is 0 Å². The van der Waals surface area contributed by atoms with Gasteiger partial charge in [0, 0.05) is 6.61 Å². The minimum Gasteiger partial charge on any atom is -0.379 e.